The number of carbonyl (C=O) groups excluding carboxylic acids is 2. The van der Waals surface area contributed by atoms with Crippen molar-refractivity contribution in [3.63, 3.8) is 0 Å². The molecule has 3 aromatic carbocycles. The summed E-state index contributed by atoms with van der Waals surface area (Å²) in [5, 5.41) is 3.92. The zero-order valence-corrected chi connectivity index (χ0v) is 19.9. The number of nitrogens with zero attached hydrogens (tertiary/aromatic N) is 2. The van der Waals surface area contributed by atoms with Crippen LogP contribution in [0.5, 0.6) is 0 Å². The second kappa shape index (κ2) is 10.8. The van der Waals surface area contributed by atoms with Crippen molar-refractivity contribution in [2.45, 2.75) is 18.7 Å². The van der Waals surface area contributed by atoms with Crippen LogP contribution < -0.4 is 9.73 Å². The molecule has 0 fully saturated rings. The van der Waals surface area contributed by atoms with E-state index >= 15 is 0 Å². The lowest BCUT2D eigenvalue weighted by atomic mass is 10.1. The number of anilines is 1. The Morgan fingerprint density at radius 1 is 1.00 bits per heavy atom. The molecule has 0 aliphatic carbocycles. The van der Waals surface area contributed by atoms with Crippen molar-refractivity contribution in [2.75, 3.05) is 18.0 Å². The number of aryl methyl sites for hydroxylation is 2. The number of nitrogens with one attached hydrogen (secondary N) is 1. The molecule has 176 valence electrons. The van der Waals surface area contributed by atoms with Crippen LogP contribution in [0.25, 0.3) is 0 Å². The average Bonchev–Trinajstić information content (AvgIpc) is 2.84. The van der Waals surface area contributed by atoms with Crippen LogP contribution in [-0.4, -0.2) is 40.2 Å². The molecule has 9 heteroatoms. The van der Waals surface area contributed by atoms with Crippen LogP contribution in [-0.2, 0) is 19.6 Å². The fourth-order valence-electron chi connectivity index (χ4n) is 3.18. The Hall–Kier alpha value is -3.98. The number of sulfonamides is 1. The maximum atomic E-state index is 13.4. The van der Waals surface area contributed by atoms with E-state index in [0.29, 0.717) is 22.4 Å². The largest absolute Gasteiger partial charge is 0.465 e. The Bertz CT molecular complexity index is 1300. The summed E-state index contributed by atoms with van der Waals surface area (Å²) < 4.78 is 32.6. The van der Waals surface area contributed by atoms with Crippen molar-refractivity contribution >= 4 is 33.8 Å². The predicted molar refractivity (Wildman–Crippen MR) is 130 cm³/mol. The van der Waals surface area contributed by atoms with E-state index in [4.69, 9.17) is 0 Å². The maximum Gasteiger partial charge on any atom is 0.337 e. The lowest BCUT2D eigenvalue weighted by molar-refractivity contribution is -0.119. The highest BCUT2D eigenvalue weighted by Gasteiger charge is 2.28. The Balaban J connectivity index is 1.81. The van der Waals surface area contributed by atoms with Gasteiger partial charge in [0.2, 0.25) is 0 Å². The summed E-state index contributed by atoms with van der Waals surface area (Å²) in [6.07, 6.45) is 1.40. The van der Waals surface area contributed by atoms with E-state index in [2.05, 4.69) is 15.3 Å². The van der Waals surface area contributed by atoms with Gasteiger partial charge < -0.3 is 4.74 Å². The van der Waals surface area contributed by atoms with Crippen LogP contribution in [0.1, 0.15) is 27.0 Å². The molecule has 1 amide bonds. The minimum absolute atomic E-state index is 0.0814. The maximum absolute atomic E-state index is 13.4. The average molecular weight is 480 g/mol. The SMILES string of the molecule is COC(=O)c1ccc(/C=N\NC(=O)CN(c2cc(C)ccc2C)S(=O)(=O)c2ccccc2)cc1. The van der Waals surface area contributed by atoms with Gasteiger partial charge in [-0.3, -0.25) is 9.10 Å². The van der Waals surface area contributed by atoms with Gasteiger partial charge in [0.25, 0.3) is 15.9 Å². The first-order valence-corrected chi connectivity index (χ1v) is 11.8. The van der Waals surface area contributed by atoms with Crippen LogP contribution in [0.15, 0.2) is 82.8 Å². The zero-order valence-electron chi connectivity index (χ0n) is 19.1. The lowest BCUT2D eigenvalue weighted by Gasteiger charge is -2.25. The van der Waals surface area contributed by atoms with Crippen molar-refractivity contribution in [1.82, 2.24) is 5.43 Å². The molecule has 34 heavy (non-hydrogen) atoms. The Labute approximate surface area is 198 Å². The highest BCUT2D eigenvalue weighted by molar-refractivity contribution is 7.92. The highest BCUT2D eigenvalue weighted by Crippen LogP contribution is 2.27. The van der Waals surface area contributed by atoms with E-state index in [1.54, 1.807) is 55.5 Å². The molecule has 3 rings (SSSR count). The molecule has 1 N–H and O–H groups in total. The van der Waals surface area contributed by atoms with E-state index in [9.17, 15) is 18.0 Å². The zero-order chi connectivity index (χ0) is 24.7. The summed E-state index contributed by atoms with van der Waals surface area (Å²) in [6, 6.07) is 19.8. The molecule has 0 heterocycles. The van der Waals surface area contributed by atoms with E-state index < -0.39 is 28.4 Å². The number of amides is 1. The number of hydrogen-bond donors (Lipinski definition) is 1. The molecule has 0 aliphatic heterocycles. The third-order valence-electron chi connectivity index (χ3n) is 4.99. The van der Waals surface area contributed by atoms with Gasteiger partial charge in [-0.25, -0.2) is 18.6 Å². The molecule has 0 unspecified atom stereocenters. The van der Waals surface area contributed by atoms with E-state index in [1.165, 1.54) is 25.5 Å². The van der Waals surface area contributed by atoms with E-state index in [-0.39, 0.29) is 4.90 Å². The number of hydrazone groups is 1. The van der Waals surface area contributed by atoms with Gasteiger partial charge in [-0.2, -0.15) is 5.10 Å². The van der Waals surface area contributed by atoms with Crippen LogP contribution in [0.3, 0.4) is 0 Å². The first-order valence-electron chi connectivity index (χ1n) is 10.4. The van der Waals surface area contributed by atoms with Gasteiger partial charge in [-0.15, -0.1) is 0 Å². The monoisotopic (exact) mass is 479 g/mol. The number of rotatable bonds is 8. The molecule has 0 saturated carbocycles. The topological polar surface area (TPSA) is 105 Å². The summed E-state index contributed by atoms with van der Waals surface area (Å²) in [6.45, 7) is 3.18. The number of methoxy groups -OCH3 is 1. The van der Waals surface area contributed by atoms with Gasteiger partial charge in [0.05, 0.1) is 29.5 Å². The molecule has 3 aromatic rings. The van der Waals surface area contributed by atoms with Crippen molar-refractivity contribution in [3.8, 4) is 0 Å². The van der Waals surface area contributed by atoms with Crippen molar-refractivity contribution < 1.29 is 22.7 Å². The summed E-state index contributed by atoms with van der Waals surface area (Å²) in [5.41, 5.74) is 5.39. The fourth-order valence-corrected chi connectivity index (χ4v) is 4.67. The molecular weight excluding hydrogens is 454 g/mol. The molecule has 0 saturated heterocycles. The van der Waals surface area contributed by atoms with Crippen LogP contribution in [0, 0.1) is 13.8 Å². The van der Waals surface area contributed by atoms with Gasteiger partial charge in [-0.1, -0.05) is 42.5 Å². The predicted octanol–water partition coefficient (Wildman–Crippen LogP) is 3.44. The lowest BCUT2D eigenvalue weighted by Crippen LogP contribution is -2.40. The summed E-state index contributed by atoms with van der Waals surface area (Å²) in [5.74, 6) is -1.06. The van der Waals surface area contributed by atoms with Gasteiger partial charge in [0.1, 0.15) is 6.54 Å². The molecule has 0 atom stereocenters. The van der Waals surface area contributed by atoms with Crippen molar-refractivity contribution in [1.29, 1.82) is 0 Å². The molecule has 0 aliphatic rings. The second-order valence-electron chi connectivity index (χ2n) is 7.52. The fraction of sp³-hybridized carbons (Fsp3) is 0.160. The minimum atomic E-state index is -4.00. The second-order valence-corrected chi connectivity index (χ2v) is 9.38. The first-order chi connectivity index (χ1) is 16.2. The molecular formula is C25H25N3O5S. The molecule has 8 nitrogen and oxygen atoms in total. The normalized spacial score (nSPS) is 11.3. The molecule has 0 radical (unpaired) electrons. The summed E-state index contributed by atoms with van der Waals surface area (Å²) >= 11 is 0. The standard InChI is InChI=1S/C25H25N3O5S/c1-18-9-10-19(2)23(15-18)28(34(31,32)22-7-5-4-6-8-22)17-24(29)27-26-16-20-11-13-21(14-12-20)25(30)33-3/h4-16H,17H2,1-3H3,(H,27,29)/b26-16-. The Morgan fingerprint density at radius 3 is 2.32 bits per heavy atom. The number of ether oxygens (including phenoxy) is 1. The minimum Gasteiger partial charge on any atom is -0.465 e. The summed E-state index contributed by atoms with van der Waals surface area (Å²) in [4.78, 5) is 24.3. The number of esters is 1. The van der Waals surface area contributed by atoms with E-state index in [0.717, 1.165) is 9.87 Å². The van der Waals surface area contributed by atoms with Crippen LogP contribution >= 0.6 is 0 Å². The number of hydrogen-bond acceptors (Lipinski definition) is 6. The smallest absolute Gasteiger partial charge is 0.337 e. The first kappa shape index (κ1) is 24.7. The van der Waals surface area contributed by atoms with Gasteiger partial charge in [-0.05, 0) is 60.9 Å². The van der Waals surface area contributed by atoms with Gasteiger partial charge >= 0.3 is 5.97 Å². The number of carbonyl (C=O) groups is 2. The van der Waals surface area contributed by atoms with Gasteiger partial charge in [0.15, 0.2) is 0 Å². The number of benzene rings is 3. The summed E-state index contributed by atoms with van der Waals surface area (Å²) in [7, 11) is -2.71. The molecule has 0 spiro atoms. The Morgan fingerprint density at radius 2 is 1.68 bits per heavy atom. The van der Waals surface area contributed by atoms with Crippen molar-refractivity contribution in [3.05, 3.63) is 95.1 Å². The van der Waals surface area contributed by atoms with Gasteiger partial charge in [0, 0.05) is 0 Å². The van der Waals surface area contributed by atoms with E-state index in [1.807, 2.05) is 19.1 Å². The third-order valence-corrected chi connectivity index (χ3v) is 6.76. The quantitative estimate of drug-likeness (QED) is 0.303. The van der Waals surface area contributed by atoms with Crippen LogP contribution in [0.4, 0.5) is 5.69 Å². The van der Waals surface area contributed by atoms with Crippen molar-refractivity contribution in [2.24, 2.45) is 5.10 Å². The third kappa shape index (κ3) is 5.87. The highest BCUT2D eigenvalue weighted by atomic mass is 32.2. The Kier molecular flexibility index (Phi) is 7.80. The molecule has 0 bridgehead atoms. The van der Waals surface area contributed by atoms with Crippen LogP contribution in [0.2, 0.25) is 0 Å². The molecule has 0 aromatic heterocycles.